The van der Waals surface area contributed by atoms with Crippen LogP contribution in [0.3, 0.4) is 0 Å². The third-order valence-corrected chi connectivity index (χ3v) is 6.65. The zero-order valence-corrected chi connectivity index (χ0v) is 17.0. The Morgan fingerprint density at radius 3 is 2.55 bits per heavy atom. The average molecular weight is 398 g/mol. The maximum absolute atomic E-state index is 12.3. The number of aromatic nitrogens is 2. The van der Waals surface area contributed by atoms with Gasteiger partial charge >= 0.3 is 0 Å². The standard InChI is InChI=1S/C22H31N5O2/c23-21(29)22(27-13-4-1-5-14-27)10-15-26(16-11-22)12-6-9-19-24-18-8-3-2-7-17(18)20(28)25-19/h2-3,7-8H,1,4-6,9-16H2,(H2,23,29)(H,24,25,28). The lowest BCUT2D eigenvalue weighted by molar-refractivity contribution is -0.134. The predicted molar refractivity (Wildman–Crippen MR) is 114 cm³/mol. The third-order valence-electron chi connectivity index (χ3n) is 6.65. The van der Waals surface area contributed by atoms with Crippen LogP contribution in [0.1, 0.15) is 44.3 Å². The molecule has 7 heteroatoms. The summed E-state index contributed by atoms with van der Waals surface area (Å²) in [6.07, 6.45) is 6.87. The SMILES string of the molecule is NC(=O)C1(N2CCCCC2)CCN(CCCc2nc3ccccc3c(=O)[nH]2)CC1. The van der Waals surface area contributed by atoms with E-state index in [1.807, 2.05) is 18.2 Å². The number of piperidine rings is 2. The Bertz CT molecular complexity index is 911. The number of benzene rings is 1. The Kier molecular flexibility index (Phi) is 5.96. The normalized spacial score (nSPS) is 20.7. The monoisotopic (exact) mass is 397 g/mol. The van der Waals surface area contributed by atoms with Gasteiger partial charge in [-0.15, -0.1) is 0 Å². The molecule has 0 spiro atoms. The van der Waals surface area contributed by atoms with Gasteiger partial charge in [-0.25, -0.2) is 4.98 Å². The number of aromatic amines is 1. The Labute approximate surface area is 171 Å². The number of nitrogens with two attached hydrogens (primary N) is 1. The van der Waals surface area contributed by atoms with Crippen molar-refractivity contribution in [3.05, 3.63) is 40.4 Å². The number of aryl methyl sites for hydroxylation is 1. The molecule has 29 heavy (non-hydrogen) atoms. The lowest BCUT2D eigenvalue weighted by atomic mass is 9.83. The molecule has 4 rings (SSSR count). The second-order valence-electron chi connectivity index (χ2n) is 8.42. The summed E-state index contributed by atoms with van der Waals surface area (Å²) in [5.74, 6) is 0.586. The van der Waals surface area contributed by atoms with Crippen LogP contribution in [0.25, 0.3) is 10.9 Å². The van der Waals surface area contributed by atoms with Crippen molar-refractivity contribution in [2.45, 2.75) is 50.5 Å². The van der Waals surface area contributed by atoms with Crippen molar-refractivity contribution in [1.29, 1.82) is 0 Å². The summed E-state index contributed by atoms with van der Waals surface area (Å²) in [7, 11) is 0. The minimum atomic E-state index is -0.456. The van der Waals surface area contributed by atoms with E-state index in [4.69, 9.17) is 5.73 Å². The molecular weight excluding hydrogens is 366 g/mol. The molecule has 2 aromatic rings. The molecule has 3 N–H and O–H groups in total. The molecule has 2 aliphatic rings. The molecular formula is C22H31N5O2. The van der Waals surface area contributed by atoms with Crippen molar-refractivity contribution in [2.24, 2.45) is 5.73 Å². The summed E-state index contributed by atoms with van der Waals surface area (Å²) in [4.78, 5) is 36.8. The lowest BCUT2D eigenvalue weighted by Gasteiger charge is -2.48. The largest absolute Gasteiger partial charge is 0.368 e. The maximum Gasteiger partial charge on any atom is 0.258 e. The Morgan fingerprint density at radius 1 is 1.10 bits per heavy atom. The van der Waals surface area contributed by atoms with Crippen molar-refractivity contribution in [3.8, 4) is 0 Å². The fraction of sp³-hybridized carbons (Fsp3) is 0.591. The van der Waals surface area contributed by atoms with E-state index in [9.17, 15) is 9.59 Å². The molecule has 2 fully saturated rings. The van der Waals surface area contributed by atoms with Gasteiger partial charge in [0.2, 0.25) is 5.91 Å². The number of rotatable bonds is 6. The Balaban J connectivity index is 1.32. The molecule has 2 saturated heterocycles. The number of nitrogens with one attached hydrogen (secondary N) is 1. The van der Waals surface area contributed by atoms with Gasteiger partial charge in [-0.2, -0.15) is 0 Å². The van der Waals surface area contributed by atoms with Crippen LogP contribution in [0, 0.1) is 0 Å². The van der Waals surface area contributed by atoms with E-state index in [0.29, 0.717) is 5.39 Å². The lowest BCUT2D eigenvalue weighted by Crippen LogP contribution is -2.63. The van der Waals surface area contributed by atoms with E-state index in [-0.39, 0.29) is 11.5 Å². The highest BCUT2D eigenvalue weighted by atomic mass is 16.1. The minimum absolute atomic E-state index is 0.0728. The molecule has 1 amide bonds. The van der Waals surface area contributed by atoms with Gasteiger partial charge in [0.1, 0.15) is 11.4 Å². The third kappa shape index (κ3) is 4.21. The number of likely N-dealkylation sites (tertiary alicyclic amines) is 2. The fourth-order valence-electron chi connectivity index (χ4n) is 4.91. The van der Waals surface area contributed by atoms with Gasteiger partial charge in [-0.1, -0.05) is 18.6 Å². The molecule has 1 aromatic carbocycles. The van der Waals surface area contributed by atoms with Crippen molar-refractivity contribution in [1.82, 2.24) is 19.8 Å². The first-order valence-corrected chi connectivity index (χ1v) is 10.8. The molecule has 3 heterocycles. The Morgan fingerprint density at radius 2 is 1.83 bits per heavy atom. The van der Waals surface area contributed by atoms with Crippen LogP contribution in [0.5, 0.6) is 0 Å². The number of hydrogen-bond acceptors (Lipinski definition) is 5. The van der Waals surface area contributed by atoms with Crippen LogP contribution in [-0.4, -0.2) is 63.9 Å². The second-order valence-corrected chi connectivity index (χ2v) is 8.42. The molecule has 0 radical (unpaired) electrons. The van der Waals surface area contributed by atoms with Crippen LogP contribution in [0.2, 0.25) is 0 Å². The van der Waals surface area contributed by atoms with Gasteiger partial charge in [0.15, 0.2) is 0 Å². The first-order chi connectivity index (χ1) is 14.1. The summed E-state index contributed by atoms with van der Waals surface area (Å²) in [5, 5.41) is 0.632. The highest BCUT2D eigenvalue weighted by molar-refractivity contribution is 5.85. The molecule has 2 aliphatic heterocycles. The van der Waals surface area contributed by atoms with E-state index >= 15 is 0 Å². The van der Waals surface area contributed by atoms with Crippen LogP contribution >= 0.6 is 0 Å². The molecule has 0 bridgehead atoms. The van der Waals surface area contributed by atoms with Crippen LogP contribution < -0.4 is 11.3 Å². The summed E-state index contributed by atoms with van der Waals surface area (Å²) in [6, 6.07) is 7.43. The molecule has 0 unspecified atom stereocenters. The Hall–Kier alpha value is -2.25. The van der Waals surface area contributed by atoms with Crippen molar-refractivity contribution >= 4 is 16.8 Å². The zero-order chi connectivity index (χ0) is 20.3. The summed E-state index contributed by atoms with van der Waals surface area (Å²) < 4.78 is 0. The first-order valence-electron chi connectivity index (χ1n) is 10.8. The molecule has 0 saturated carbocycles. The number of amides is 1. The zero-order valence-electron chi connectivity index (χ0n) is 17.0. The maximum atomic E-state index is 12.3. The smallest absolute Gasteiger partial charge is 0.258 e. The van der Waals surface area contributed by atoms with E-state index < -0.39 is 5.54 Å². The van der Waals surface area contributed by atoms with Crippen molar-refractivity contribution in [3.63, 3.8) is 0 Å². The predicted octanol–water partition coefficient (Wildman–Crippen LogP) is 1.66. The highest BCUT2D eigenvalue weighted by Gasteiger charge is 2.44. The number of primary amides is 1. The quantitative estimate of drug-likeness (QED) is 0.773. The molecule has 156 valence electrons. The number of carbonyl (C=O) groups is 1. The van der Waals surface area contributed by atoms with Crippen LogP contribution in [-0.2, 0) is 11.2 Å². The molecule has 0 atom stereocenters. The van der Waals surface area contributed by atoms with Crippen LogP contribution in [0.15, 0.2) is 29.1 Å². The average Bonchev–Trinajstić information content (AvgIpc) is 2.75. The highest BCUT2D eigenvalue weighted by Crippen LogP contribution is 2.31. The van der Waals surface area contributed by atoms with Gasteiger partial charge < -0.3 is 15.6 Å². The van der Waals surface area contributed by atoms with Gasteiger partial charge in [-0.05, 0) is 63.9 Å². The van der Waals surface area contributed by atoms with Gasteiger partial charge in [0, 0.05) is 19.5 Å². The number of para-hydroxylation sites is 1. The van der Waals surface area contributed by atoms with Gasteiger partial charge in [0.05, 0.1) is 10.9 Å². The first kappa shape index (κ1) is 20.0. The van der Waals surface area contributed by atoms with Crippen molar-refractivity contribution < 1.29 is 4.79 Å². The van der Waals surface area contributed by atoms with Gasteiger partial charge in [0.25, 0.3) is 5.56 Å². The molecule has 0 aliphatic carbocycles. The number of hydrogen-bond donors (Lipinski definition) is 2. The number of H-pyrrole nitrogens is 1. The summed E-state index contributed by atoms with van der Waals surface area (Å²) in [6.45, 7) is 4.70. The minimum Gasteiger partial charge on any atom is -0.368 e. The summed E-state index contributed by atoms with van der Waals surface area (Å²) in [5.41, 5.74) is 6.09. The number of fused-ring (bicyclic) bond motifs is 1. The molecule has 7 nitrogen and oxygen atoms in total. The van der Waals surface area contributed by atoms with E-state index in [0.717, 1.165) is 82.6 Å². The van der Waals surface area contributed by atoms with Gasteiger partial charge in [-0.3, -0.25) is 14.5 Å². The fourth-order valence-corrected chi connectivity index (χ4v) is 4.91. The van der Waals surface area contributed by atoms with Crippen molar-refractivity contribution in [2.75, 3.05) is 32.7 Å². The van der Waals surface area contributed by atoms with E-state index in [1.165, 1.54) is 6.42 Å². The molecule has 1 aromatic heterocycles. The topological polar surface area (TPSA) is 95.3 Å². The van der Waals surface area contributed by atoms with E-state index in [2.05, 4.69) is 19.8 Å². The second kappa shape index (κ2) is 8.63. The van der Waals surface area contributed by atoms with E-state index in [1.54, 1.807) is 6.07 Å². The van der Waals surface area contributed by atoms with Crippen LogP contribution in [0.4, 0.5) is 0 Å². The number of nitrogens with zero attached hydrogens (tertiary/aromatic N) is 3. The summed E-state index contributed by atoms with van der Waals surface area (Å²) >= 11 is 0. The number of carbonyl (C=O) groups excluding carboxylic acids is 1.